The van der Waals surface area contributed by atoms with Crippen LogP contribution in [-0.4, -0.2) is 42.7 Å². The van der Waals surface area contributed by atoms with Gasteiger partial charge >= 0.3 is 12.1 Å². The van der Waals surface area contributed by atoms with Crippen LogP contribution in [0.5, 0.6) is 0 Å². The lowest BCUT2D eigenvalue weighted by atomic mass is 10.1. The Kier molecular flexibility index (Phi) is 5.71. The molecule has 0 saturated carbocycles. The molecule has 0 bridgehead atoms. The molecule has 18 heavy (non-hydrogen) atoms. The highest BCUT2D eigenvalue weighted by Crippen LogP contribution is 2.14. The highest BCUT2D eigenvalue weighted by Gasteiger charge is 2.18. The lowest BCUT2D eigenvalue weighted by Crippen LogP contribution is -2.36. The van der Waals surface area contributed by atoms with Crippen LogP contribution in [0.2, 0.25) is 0 Å². The number of hydrogen-bond donors (Lipinski definition) is 0. The van der Waals surface area contributed by atoms with E-state index in [1.807, 2.05) is 6.08 Å². The van der Waals surface area contributed by atoms with Gasteiger partial charge in [-0.25, -0.2) is 9.59 Å². The summed E-state index contributed by atoms with van der Waals surface area (Å²) >= 11 is 5.57. The van der Waals surface area contributed by atoms with Gasteiger partial charge < -0.3 is 14.4 Å². The van der Waals surface area contributed by atoms with E-state index in [4.69, 9.17) is 16.3 Å². The highest BCUT2D eigenvalue weighted by atomic mass is 35.5. The first-order valence-corrected chi connectivity index (χ1v) is 6.01. The summed E-state index contributed by atoms with van der Waals surface area (Å²) in [5.74, 6) is -0.395. The molecule has 0 fully saturated rings. The Morgan fingerprint density at radius 1 is 1.56 bits per heavy atom. The normalized spacial score (nSPS) is 17.3. The number of amides is 1. The molecular formula is C12H16ClNO4. The fourth-order valence-electron chi connectivity index (χ4n) is 1.46. The fourth-order valence-corrected chi connectivity index (χ4v) is 1.53. The number of carbonyl (C=O) groups is 2. The Morgan fingerprint density at radius 2 is 2.28 bits per heavy atom. The lowest BCUT2D eigenvalue weighted by molar-refractivity contribution is -0.134. The van der Waals surface area contributed by atoms with Crippen molar-refractivity contribution in [3.8, 4) is 0 Å². The van der Waals surface area contributed by atoms with Crippen LogP contribution in [0, 0.1) is 0 Å². The molecule has 0 aromatic rings. The van der Waals surface area contributed by atoms with Crippen LogP contribution in [-0.2, 0) is 14.3 Å². The SMILES string of the molecule is COC(=O)/C=C/C1=CCN(C(=O)OC(C)Cl)CC1. The summed E-state index contributed by atoms with van der Waals surface area (Å²) in [5, 5.41) is 0. The molecule has 0 aliphatic carbocycles. The second-order valence-electron chi connectivity index (χ2n) is 3.76. The molecule has 0 aromatic carbocycles. The van der Waals surface area contributed by atoms with E-state index in [1.165, 1.54) is 13.2 Å². The monoisotopic (exact) mass is 273 g/mol. The standard InChI is InChI=1S/C12H16ClNO4/c1-9(13)18-12(16)14-7-5-10(6-8-14)3-4-11(15)17-2/h3-5,9H,6-8H2,1-2H3/b4-3+. The summed E-state index contributed by atoms with van der Waals surface area (Å²) in [7, 11) is 1.33. The van der Waals surface area contributed by atoms with Gasteiger partial charge in [0.05, 0.1) is 7.11 Å². The van der Waals surface area contributed by atoms with Gasteiger partial charge in [-0.05, 0) is 18.9 Å². The van der Waals surface area contributed by atoms with Crippen molar-refractivity contribution in [3.63, 3.8) is 0 Å². The van der Waals surface area contributed by atoms with E-state index in [2.05, 4.69) is 4.74 Å². The first-order valence-electron chi connectivity index (χ1n) is 5.57. The molecule has 0 N–H and O–H groups in total. The van der Waals surface area contributed by atoms with Crippen LogP contribution in [0.15, 0.2) is 23.8 Å². The average molecular weight is 274 g/mol. The summed E-state index contributed by atoms with van der Waals surface area (Å²) in [4.78, 5) is 24.0. The van der Waals surface area contributed by atoms with Gasteiger partial charge in [-0.3, -0.25) is 0 Å². The maximum atomic E-state index is 11.5. The topological polar surface area (TPSA) is 55.8 Å². The van der Waals surface area contributed by atoms with Crippen molar-refractivity contribution in [1.29, 1.82) is 0 Å². The quantitative estimate of drug-likeness (QED) is 0.449. The number of esters is 1. The smallest absolute Gasteiger partial charge is 0.411 e. The van der Waals surface area contributed by atoms with E-state index in [0.29, 0.717) is 19.5 Å². The third kappa shape index (κ3) is 4.79. The number of nitrogens with zero attached hydrogens (tertiary/aromatic N) is 1. The number of allylic oxidation sites excluding steroid dienone is 1. The zero-order valence-corrected chi connectivity index (χ0v) is 11.1. The van der Waals surface area contributed by atoms with Gasteiger partial charge in [-0.2, -0.15) is 0 Å². The Hall–Kier alpha value is -1.49. The Labute approximate surface area is 111 Å². The van der Waals surface area contributed by atoms with E-state index in [9.17, 15) is 9.59 Å². The van der Waals surface area contributed by atoms with E-state index in [-0.39, 0.29) is 0 Å². The van der Waals surface area contributed by atoms with Crippen molar-refractivity contribution in [1.82, 2.24) is 4.90 Å². The number of carbonyl (C=O) groups excluding carboxylic acids is 2. The van der Waals surface area contributed by atoms with Crippen molar-refractivity contribution in [2.24, 2.45) is 0 Å². The van der Waals surface area contributed by atoms with Gasteiger partial charge in [0.1, 0.15) is 0 Å². The van der Waals surface area contributed by atoms with Crippen LogP contribution >= 0.6 is 11.6 Å². The maximum absolute atomic E-state index is 11.5. The van der Waals surface area contributed by atoms with E-state index in [0.717, 1.165) is 5.57 Å². The summed E-state index contributed by atoms with van der Waals surface area (Å²) in [6.07, 6.45) is 5.16. The minimum absolute atomic E-state index is 0.395. The van der Waals surface area contributed by atoms with E-state index < -0.39 is 17.6 Å². The largest absolute Gasteiger partial charge is 0.466 e. The molecular weight excluding hydrogens is 258 g/mol. The summed E-state index contributed by atoms with van der Waals surface area (Å²) in [6, 6.07) is 0. The minimum atomic E-state index is -0.637. The first-order chi connectivity index (χ1) is 8.52. The number of alkyl halides is 1. The first kappa shape index (κ1) is 14.6. The molecule has 1 aliphatic heterocycles. The van der Waals surface area contributed by atoms with Crippen molar-refractivity contribution in [3.05, 3.63) is 23.8 Å². The molecule has 0 aromatic heterocycles. The molecule has 1 unspecified atom stereocenters. The summed E-state index contributed by atoms with van der Waals surface area (Å²) in [5.41, 5.74) is 0.352. The molecule has 1 atom stereocenters. The zero-order chi connectivity index (χ0) is 13.5. The molecule has 0 radical (unpaired) electrons. The molecule has 0 spiro atoms. The Balaban J connectivity index is 2.48. The van der Waals surface area contributed by atoms with Crippen molar-refractivity contribution >= 4 is 23.7 Å². The minimum Gasteiger partial charge on any atom is -0.466 e. The summed E-state index contributed by atoms with van der Waals surface area (Å²) in [6.45, 7) is 2.58. The Bertz CT molecular complexity index is 376. The molecule has 6 heteroatoms. The van der Waals surface area contributed by atoms with Gasteiger partial charge in [0, 0.05) is 19.2 Å². The molecule has 1 aliphatic rings. The van der Waals surface area contributed by atoms with Crippen LogP contribution in [0.25, 0.3) is 0 Å². The predicted octanol–water partition coefficient (Wildman–Crippen LogP) is 2.07. The summed E-state index contributed by atoms with van der Waals surface area (Å²) < 4.78 is 9.36. The van der Waals surface area contributed by atoms with Crippen molar-refractivity contribution in [2.45, 2.75) is 18.9 Å². The number of ether oxygens (including phenoxy) is 2. The van der Waals surface area contributed by atoms with Crippen LogP contribution < -0.4 is 0 Å². The second-order valence-corrected chi connectivity index (χ2v) is 4.37. The third-order valence-electron chi connectivity index (χ3n) is 2.40. The van der Waals surface area contributed by atoms with Crippen LogP contribution in [0.4, 0.5) is 4.79 Å². The van der Waals surface area contributed by atoms with Crippen molar-refractivity contribution < 1.29 is 19.1 Å². The number of hydrogen-bond acceptors (Lipinski definition) is 4. The van der Waals surface area contributed by atoms with Crippen molar-refractivity contribution in [2.75, 3.05) is 20.2 Å². The fraction of sp³-hybridized carbons (Fsp3) is 0.500. The van der Waals surface area contributed by atoms with Crippen LogP contribution in [0.1, 0.15) is 13.3 Å². The van der Waals surface area contributed by atoms with Gasteiger partial charge in [-0.15, -0.1) is 0 Å². The molecule has 1 heterocycles. The average Bonchev–Trinajstić information content (AvgIpc) is 2.35. The number of methoxy groups -OCH3 is 1. The van der Waals surface area contributed by atoms with Gasteiger partial charge in [-0.1, -0.05) is 23.8 Å². The van der Waals surface area contributed by atoms with Gasteiger partial charge in [0.25, 0.3) is 0 Å². The molecule has 100 valence electrons. The molecule has 5 nitrogen and oxygen atoms in total. The second kappa shape index (κ2) is 7.06. The molecule has 1 rings (SSSR count). The molecule has 1 amide bonds. The van der Waals surface area contributed by atoms with Gasteiger partial charge in [0.2, 0.25) is 0 Å². The Morgan fingerprint density at radius 3 is 2.78 bits per heavy atom. The maximum Gasteiger partial charge on any atom is 0.411 e. The molecule has 0 saturated heterocycles. The predicted molar refractivity (Wildman–Crippen MR) is 67.2 cm³/mol. The number of halogens is 1. The zero-order valence-electron chi connectivity index (χ0n) is 10.4. The van der Waals surface area contributed by atoms with Crippen LogP contribution in [0.3, 0.4) is 0 Å². The van der Waals surface area contributed by atoms with Gasteiger partial charge in [0.15, 0.2) is 5.56 Å². The lowest BCUT2D eigenvalue weighted by Gasteiger charge is -2.25. The highest BCUT2D eigenvalue weighted by molar-refractivity contribution is 6.19. The van der Waals surface area contributed by atoms with E-state index >= 15 is 0 Å². The number of rotatable bonds is 3. The van der Waals surface area contributed by atoms with E-state index in [1.54, 1.807) is 17.9 Å². The third-order valence-corrected chi connectivity index (χ3v) is 2.49.